The van der Waals surface area contributed by atoms with Crippen LogP contribution in [-0.4, -0.2) is 16.9 Å². The van der Waals surface area contributed by atoms with Gasteiger partial charge in [0.25, 0.3) is 5.91 Å². The number of carbonyl (C=O) groups excluding carboxylic acids is 2. The second-order valence-electron chi connectivity index (χ2n) is 7.80. The van der Waals surface area contributed by atoms with E-state index < -0.39 is 6.03 Å². The van der Waals surface area contributed by atoms with E-state index in [9.17, 15) is 9.59 Å². The van der Waals surface area contributed by atoms with Crippen molar-refractivity contribution in [3.05, 3.63) is 81.9 Å². The number of rotatable bonds is 4. The highest BCUT2D eigenvalue weighted by Gasteiger charge is 2.18. The molecule has 0 aliphatic carbocycles. The molecule has 1 heterocycles. The quantitative estimate of drug-likeness (QED) is 0.339. The lowest BCUT2D eigenvalue weighted by Gasteiger charge is -2.12. The summed E-state index contributed by atoms with van der Waals surface area (Å²) in [6.45, 7) is 7.73. The third-order valence-corrected chi connectivity index (χ3v) is 6.22. The fourth-order valence-corrected chi connectivity index (χ4v) is 4.59. The Bertz CT molecular complexity index is 1320. The summed E-state index contributed by atoms with van der Waals surface area (Å²) in [6, 6.07) is 17.3. The summed E-state index contributed by atoms with van der Waals surface area (Å²) in [7, 11) is 0. The topological polar surface area (TPSA) is 83.1 Å². The van der Waals surface area contributed by atoms with E-state index in [0.717, 1.165) is 44.5 Å². The number of thiazole rings is 1. The van der Waals surface area contributed by atoms with Crippen molar-refractivity contribution in [3.8, 4) is 0 Å². The Labute approximate surface area is 190 Å². The van der Waals surface area contributed by atoms with E-state index in [1.54, 1.807) is 6.92 Å². The zero-order chi connectivity index (χ0) is 22.8. The zero-order valence-electron chi connectivity index (χ0n) is 18.4. The molecule has 0 spiro atoms. The van der Waals surface area contributed by atoms with E-state index in [2.05, 4.69) is 20.9 Å². The summed E-state index contributed by atoms with van der Waals surface area (Å²) < 4.78 is 0. The van der Waals surface area contributed by atoms with Crippen molar-refractivity contribution in [3.63, 3.8) is 0 Å². The van der Waals surface area contributed by atoms with Crippen LogP contribution < -0.4 is 16.0 Å². The first-order valence-electron chi connectivity index (χ1n) is 10.2. The highest BCUT2D eigenvalue weighted by atomic mass is 32.1. The largest absolute Gasteiger partial charge is 0.325 e. The minimum atomic E-state index is -0.411. The van der Waals surface area contributed by atoms with Gasteiger partial charge < -0.3 is 10.6 Å². The highest BCUT2D eigenvalue weighted by molar-refractivity contribution is 7.17. The van der Waals surface area contributed by atoms with Crippen LogP contribution in [-0.2, 0) is 0 Å². The van der Waals surface area contributed by atoms with E-state index >= 15 is 0 Å². The number of aromatic nitrogens is 1. The lowest BCUT2D eigenvalue weighted by atomic mass is 10.1. The predicted octanol–water partition coefficient (Wildman–Crippen LogP) is 6.43. The van der Waals surface area contributed by atoms with Crippen molar-refractivity contribution in [1.29, 1.82) is 0 Å². The van der Waals surface area contributed by atoms with Crippen LogP contribution in [0.2, 0.25) is 0 Å². The number of fused-ring (bicyclic) bond motifs is 1. The molecule has 0 saturated heterocycles. The minimum Gasteiger partial charge on any atom is -0.321 e. The minimum absolute atomic E-state index is 0.238. The van der Waals surface area contributed by atoms with Gasteiger partial charge in [0, 0.05) is 11.4 Å². The van der Waals surface area contributed by atoms with Crippen LogP contribution in [0.4, 0.5) is 21.3 Å². The van der Waals surface area contributed by atoms with Crippen molar-refractivity contribution in [2.45, 2.75) is 27.7 Å². The van der Waals surface area contributed by atoms with Crippen LogP contribution in [0.3, 0.4) is 0 Å². The third kappa shape index (κ3) is 4.63. The number of benzene rings is 3. The molecule has 162 valence electrons. The second-order valence-corrected chi connectivity index (χ2v) is 8.80. The van der Waals surface area contributed by atoms with Gasteiger partial charge in [-0.1, -0.05) is 59.4 Å². The molecule has 0 unspecified atom stereocenters. The van der Waals surface area contributed by atoms with E-state index in [1.807, 2.05) is 75.4 Å². The molecule has 3 N–H and O–H groups in total. The third-order valence-electron chi connectivity index (χ3n) is 5.15. The smallest absolute Gasteiger partial charge is 0.321 e. The van der Waals surface area contributed by atoms with Crippen molar-refractivity contribution in [1.82, 2.24) is 4.98 Å². The van der Waals surface area contributed by atoms with Crippen LogP contribution in [0.5, 0.6) is 0 Å². The summed E-state index contributed by atoms with van der Waals surface area (Å²) in [5.74, 6) is -0.238. The Balaban J connectivity index is 1.45. The molecule has 1 aromatic heterocycles. The molecule has 0 radical (unpaired) electrons. The van der Waals surface area contributed by atoms with Crippen LogP contribution in [0.25, 0.3) is 10.8 Å². The number of amides is 3. The second kappa shape index (κ2) is 8.80. The lowest BCUT2D eigenvalue weighted by Crippen LogP contribution is -2.19. The number of carbonyl (C=O) groups is 2. The van der Waals surface area contributed by atoms with Crippen molar-refractivity contribution in [2.24, 2.45) is 0 Å². The molecule has 7 heteroatoms. The number of anilines is 3. The van der Waals surface area contributed by atoms with Crippen LogP contribution in [0, 0.1) is 27.7 Å². The monoisotopic (exact) mass is 444 g/mol. The summed E-state index contributed by atoms with van der Waals surface area (Å²) in [4.78, 5) is 30.1. The van der Waals surface area contributed by atoms with Gasteiger partial charge in [-0.15, -0.1) is 0 Å². The Hall–Kier alpha value is -3.71. The lowest BCUT2D eigenvalue weighted by molar-refractivity contribution is 0.102. The molecule has 4 rings (SSSR count). The average Bonchev–Trinajstić information content (AvgIpc) is 3.10. The predicted molar refractivity (Wildman–Crippen MR) is 132 cm³/mol. The summed E-state index contributed by atoms with van der Waals surface area (Å²) in [5, 5.41) is 11.0. The number of nitrogens with one attached hydrogen (secondary N) is 3. The van der Waals surface area contributed by atoms with Crippen LogP contribution >= 0.6 is 11.3 Å². The van der Waals surface area contributed by atoms with E-state index in [-0.39, 0.29) is 5.91 Å². The maximum Gasteiger partial charge on any atom is 0.325 e. The number of aryl methyl sites for hydroxylation is 4. The Morgan fingerprint density at radius 3 is 2.22 bits per heavy atom. The van der Waals surface area contributed by atoms with Gasteiger partial charge >= 0.3 is 6.03 Å². The number of urea groups is 1. The molecule has 4 aromatic rings. The summed E-state index contributed by atoms with van der Waals surface area (Å²) in [6.07, 6.45) is 0. The summed E-state index contributed by atoms with van der Waals surface area (Å²) in [5.41, 5.74) is 5.21. The molecule has 3 aromatic carbocycles. The first-order valence-corrected chi connectivity index (χ1v) is 11.1. The standard InChI is InChI=1S/C25H24N4O2S/c1-14-11-15(2)21(16(3)12-14)28-23(30)22-17(4)26-25(32-22)29-24(31)27-20-10-9-18-7-5-6-8-19(18)13-20/h5-13H,1-4H3,(H,28,30)(H2,26,27,29,31). The maximum absolute atomic E-state index is 12.9. The van der Waals surface area contributed by atoms with Gasteiger partial charge in [0.1, 0.15) is 4.88 Å². The van der Waals surface area contributed by atoms with Gasteiger partial charge in [-0.25, -0.2) is 9.78 Å². The van der Waals surface area contributed by atoms with Gasteiger partial charge in [-0.05, 0) is 61.7 Å². The number of hydrogen-bond acceptors (Lipinski definition) is 4. The van der Waals surface area contributed by atoms with E-state index in [0.29, 0.717) is 21.4 Å². The molecule has 0 saturated carbocycles. The molecule has 0 fully saturated rings. The van der Waals surface area contributed by atoms with Crippen molar-refractivity contribution < 1.29 is 9.59 Å². The van der Waals surface area contributed by atoms with Crippen LogP contribution in [0.1, 0.15) is 32.1 Å². The van der Waals surface area contributed by atoms with Gasteiger partial charge in [-0.3, -0.25) is 10.1 Å². The first-order chi connectivity index (χ1) is 15.3. The van der Waals surface area contributed by atoms with Gasteiger partial charge in [0.05, 0.1) is 5.69 Å². The highest BCUT2D eigenvalue weighted by Crippen LogP contribution is 2.27. The molecular formula is C25H24N4O2S. The zero-order valence-corrected chi connectivity index (χ0v) is 19.2. The molecular weight excluding hydrogens is 420 g/mol. The fraction of sp³-hybridized carbons (Fsp3) is 0.160. The SMILES string of the molecule is Cc1cc(C)c(NC(=O)c2sc(NC(=O)Nc3ccc4ccccc4c3)nc2C)c(C)c1. The van der Waals surface area contributed by atoms with E-state index in [4.69, 9.17) is 0 Å². The molecule has 0 atom stereocenters. The Kier molecular flexibility index (Phi) is 5.92. The van der Waals surface area contributed by atoms with Crippen molar-refractivity contribution >= 4 is 50.6 Å². The maximum atomic E-state index is 12.9. The van der Waals surface area contributed by atoms with E-state index in [1.165, 1.54) is 0 Å². The summed E-state index contributed by atoms with van der Waals surface area (Å²) >= 11 is 1.15. The Morgan fingerprint density at radius 1 is 0.812 bits per heavy atom. The molecule has 32 heavy (non-hydrogen) atoms. The number of hydrogen-bond donors (Lipinski definition) is 3. The Morgan fingerprint density at radius 2 is 1.50 bits per heavy atom. The van der Waals surface area contributed by atoms with Crippen LogP contribution in [0.15, 0.2) is 54.6 Å². The molecule has 3 amide bonds. The fourth-order valence-electron chi connectivity index (χ4n) is 3.73. The first kappa shape index (κ1) is 21.5. The number of nitrogens with zero attached hydrogens (tertiary/aromatic N) is 1. The molecule has 0 aliphatic rings. The van der Waals surface area contributed by atoms with Gasteiger partial charge in [0.15, 0.2) is 5.13 Å². The molecule has 0 bridgehead atoms. The normalized spacial score (nSPS) is 10.8. The van der Waals surface area contributed by atoms with Gasteiger partial charge in [0.2, 0.25) is 0 Å². The average molecular weight is 445 g/mol. The van der Waals surface area contributed by atoms with Gasteiger partial charge in [-0.2, -0.15) is 0 Å². The molecule has 6 nitrogen and oxygen atoms in total. The molecule has 0 aliphatic heterocycles. The van der Waals surface area contributed by atoms with Crippen molar-refractivity contribution in [2.75, 3.05) is 16.0 Å².